The Morgan fingerprint density at radius 1 is 0.909 bits per heavy atom. The van der Waals surface area contributed by atoms with Crippen molar-refractivity contribution >= 4 is 23.9 Å². The van der Waals surface area contributed by atoms with E-state index in [1.807, 2.05) is 0 Å². The fraction of sp³-hybridized carbons (Fsp3) is 0.550. The minimum Gasteiger partial charge on any atom is -0.549 e. The first-order valence-electron chi connectivity index (χ1n) is 10.1. The number of aromatic nitrogens is 1. The van der Waals surface area contributed by atoms with E-state index in [1.165, 1.54) is 4.90 Å². The molecule has 0 aromatic carbocycles. The summed E-state index contributed by atoms with van der Waals surface area (Å²) >= 11 is 0. The summed E-state index contributed by atoms with van der Waals surface area (Å²) in [5, 5.41) is 43.1. The number of carboxylic acid groups (broad SMARTS) is 4. The molecule has 1 aliphatic heterocycles. The normalized spacial score (nSPS) is 17.1. The molecule has 1 atom stereocenters. The van der Waals surface area contributed by atoms with Gasteiger partial charge in [0.05, 0.1) is 29.3 Å². The van der Waals surface area contributed by atoms with Gasteiger partial charge in [-0.3, -0.25) is 24.5 Å². The first-order chi connectivity index (χ1) is 15.1. The number of fused-ring (bicyclic) bond motifs is 2. The Morgan fingerprint density at radius 3 is 1.79 bits per heavy atom. The van der Waals surface area contributed by atoms with Crippen LogP contribution in [0.1, 0.15) is 24.2 Å². The minimum atomic E-state index is -1.46. The molecule has 0 saturated carbocycles. The van der Waals surface area contributed by atoms with Gasteiger partial charge in [0.2, 0.25) is 0 Å². The van der Waals surface area contributed by atoms with Gasteiger partial charge in [0.15, 0.2) is 0 Å². The molecule has 0 saturated heterocycles. The monoisotopic (exact) mass is 613 g/mol. The van der Waals surface area contributed by atoms with E-state index >= 15 is 0 Å². The summed E-state index contributed by atoms with van der Waals surface area (Å²) in [7, 11) is 0. The molecule has 1 aromatic heterocycles. The smallest absolute Gasteiger partial charge is 0.303 e. The second-order valence-corrected chi connectivity index (χ2v) is 7.59. The quantitative estimate of drug-likeness (QED) is 0.283. The van der Waals surface area contributed by atoms with Gasteiger partial charge in [-0.1, -0.05) is 6.07 Å². The molecule has 12 nitrogen and oxygen atoms in total. The number of rotatable bonds is 9. The first-order valence-corrected chi connectivity index (χ1v) is 10.1. The summed E-state index contributed by atoms with van der Waals surface area (Å²) in [5.74, 6) is -5.22. The fourth-order valence-electron chi connectivity index (χ4n) is 3.63. The van der Waals surface area contributed by atoms with Gasteiger partial charge in [0.1, 0.15) is 0 Å². The van der Waals surface area contributed by atoms with E-state index in [1.54, 1.807) is 28.0 Å². The number of pyridine rings is 1. The summed E-state index contributed by atoms with van der Waals surface area (Å²) in [6.07, 6.45) is -0.603. The molecule has 0 aliphatic carbocycles. The van der Waals surface area contributed by atoms with Crippen LogP contribution in [0.15, 0.2) is 18.2 Å². The molecule has 0 fully saturated rings. The Bertz CT molecular complexity index is 795. The molecule has 2 heterocycles. The molecule has 1 aliphatic rings. The number of carboxylic acids is 4. The Morgan fingerprint density at radius 2 is 1.39 bits per heavy atom. The van der Waals surface area contributed by atoms with Crippen LogP contribution in [-0.2, 0) is 32.3 Å². The Kier molecular flexibility index (Phi) is 12.8. The van der Waals surface area contributed by atoms with Crippen molar-refractivity contribution in [3.8, 4) is 0 Å². The van der Waals surface area contributed by atoms with Crippen LogP contribution in [0.3, 0.4) is 0 Å². The number of hydrogen-bond acceptors (Lipinski definition) is 11. The fourth-order valence-corrected chi connectivity index (χ4v) is 3.63. The molecule has 0 amide bonds. The Labute approximate surface area is 221 Å². The predicted octanol–water partition coefficient (Wildman–Crippen LogP) is -4.52. The number of carbonyl (C=O) groups is 4. The average molecular weight is 612 g/mol. The molecule has 33 heavy (non-hydrogen) atoms. The molecule has 1 unspecified atom stereocenters. The zero-order valence-electron chi connectivity index (χ0n) is 17.8. The van der Waals surface area contributed by atoms with Gasteiger partial charge in [-0.15, -0.1) is 0 Å². The summed E-state index contributed by atoms with van der Waals surface area (Å²) < 4.78 is 0. The van der Waals surface area contributed by atoms with Crippen LogP contribution in [0.5, 0.6) is 0 Å². The van der Waals surface area contributed by atoms with Crippen molar-refractivity contribution in [1.82, 2.24) is 19.7 Å². The maximum Gasteiger partial charge on any atom is 0.303 e. The summed E-state index contributed by atoms with van der Waals surface area (Å²) in [6.45, 7) is -0.0465. The second-order valence-electron chi connectivity index (χ2n) is 7.59. The third kappa shape index (κ3) is 10.8. The van der Waals surface area contributed by atoms with E-state index in [9.17, 15) is 34.5 Å². The molecule has 2 rings (SSSR count). The molecular weight excluding hydrogens is 587 g/mol. The van der Waals surface area contributed by atoms with Gasteiger partial charge >= 0.3 is 5.97 Å². The Hall–Kier alpha value is -1.82. The minimum absolute atomic E-state index is 0. The van der Waals surface area contributed by atoms with E-state index in [-0.39, 0.29) is 83.9 Å². The van der Waals surface area contributed by atoms with Crippen molar-refractivity contribution in [3.63, 3.8) is 0 Å². The SMILES string of the molecule is O=C([O-])CN1CCN(C(CCC(=O)O)C(=O)[O-])CCN(CC(=O)[O-])Cc2cccc(n2)C1.[Dy]. The van der Waals surface area contributed by atoms with E-state index < -0.39 is 49.4 Å². The number of nitrogens with zero attached hydrogens (tertiary/aromatic N) is 4. The van der Waals surface area contributed by atoms with Crippen molar-refractivity contribution in [2.45, 2.75) is 32.0 Å². The predicted molar refractivity (Wildman–Crippen MR) is 102 cm³/mol. The van der Waals surface area contributed by atoms with Crippen molar-refractivity contribution in [2.75, 3.05) is 39.3 Å². The molecule has 1 aromatic rings. The number of aliphatic carboxylic acids is 4. The van der Waals surface area contributed by atoms with Crippen molar-refractivity contribution < 1.29 is 77.8 Å². The van der Waals surface area contributed by atoms with Gasteiger partial charge in [-0.05, 0) is 18.6 Å². The van der Waals surface area contributed by atoms with Crippen LogP contribution in [0.2, 0.25) is 0 Å². The molecule has 13 heteroatoms. The van der Waals surface area contributed by atoms with Gasteiger partial charge in [-0.25, -0.2) is 0 Å². The van der Waals surface area contributed by atoms with Crippen LogP contribution < -0.4 is 15.3 Å². The van der Waals surface area contributed by atoms with Crippen LogP contribution >= 0.6 is 0 Å². The van der Waals surface area contributed by atoms with Crippen LogP contribution in [-0.4, -0.2) is 94.0 Å². The second kappa shape index (κ2) is 14.4. The van der Waals surface area contributed by atoms with Gasteiger partial charge < -0.3 is 34.8 Å². The van der Waals surface area contributed by atoms with Gasteiger partial charge in [-0.2, -0.15) is 0 Å². The summed E-state index contributed by atoms with van der Waals surface area (Å²) in [5.41, 5.74) is 1.12. The topological polar surface area (TPSA) is 180 Å². The standard InChI is InChI=1S/C20H28N4O8.Dy/c25-17(26)5-4-16(20(31)32)24-8-6-22(12-18(27)28)10-14-2-1-3-15(21-14)11-23(7-9-24)13-19(29)30;/h1-3,16H,4-13H2,(H,25,26)(H,27,28)(H,29,30)(H,31,32);/p-3. The van der Waals surface area contributed by atoms with Crippen LogP contribution in [0, 0.1) is 38.2 Å². The van der Waals surface area contributed by atoms with Crippen molar-refractivity contribution in [3.05, 3.63) is 29.6 Å². The largest absolute Gasteiger partial charge is 0.549 e. The third-order valence-corrected chi connectivity index (χ3v) is 5.09. The summed E-state index contributed by atoms with van der Waals surface area (Å²) in [4.78, 5) is 54.1. The molecule has 186 valence electrons. The van der Waals surface area contributed by atoms with Gasteiger partial charge in [0.25, 0.3) is 0 Å². The van der Waals surface area contributed by atoms with Crippen molar-refractivity contribution in [1.29, 1.82) is 0 Å². The van der Waals surface area contributed by atoms with Crippen LogP contribution in [0.4, 0.5) is 0 Å². The molecule has 0 radical (unpaired) electrons. The number of carbonyl (C=O) groups excluding carboxylic acids is 3. The molecule has 1 N–H and O–H groups in total. The average Bonchev–Trinajstić information content (AvgIpc) is 2.67. The van der Waals surface area contributed by atoms with Gasteiger partial charge in [0, 0.05) is 103 Å². The third-order valence-electron chi connectivity index (χ3n) is 5.09. The zero-order chi connectivity index (χ0) is 23.7. The molecule has 2 bridgehead atoms. The maximum absolute atomic E-state index is 11.7. The zero-order valence-corrected chi connectivity index (χ0v) is 19.8. The Balaban J connectivity index is 0.00000544. The maximum atomic E-state index is 11.7. The van der Waals surface area contributed by atoms with E-state index in [0.717, 1.165) is 0 Å². The first kappa shape index (κ1) is 29.2. The van der Waals surface area contributed by atoms with E-state index in [4.69, 9.17) is 5.11 Å². The summed E-state index contributed by atoms with van der Waals surface area (Å²) in [6, 6.07) is 3.91. The van der Waals surface area contributed by atoms with E-state index in [0.29, 0.717) is 11.4 Å². The van der Waals surface area contributed by atoms with E-state index in [2.05, 4.69) is 4.98 Å². The van der Waals surface area contributed by atoms with Crippen LogP contribution in [0.25, 0.3) is 0 Å². The number of hydrogen-bond donors (Lipinski definition) is 1. The van der Waals surface area contributed by atoms with Crippen molar-refractivity contribution in [2.24, 2.45) is 0 Å². The molecule has 0 spiro atoms. The molecular formula is C20H25DyN4O8-3.